The number of nitrogen functional groups attached to an aromatic ring is 1. The maximum Gasteiger partial charge on any atom is 0.251 e. The summed E-state index contributed by atoms with van der Waals surface area (Å²) in [5, 5.41) is 2.82. The fraction of sp³-hybridized carbons (Fsp3) is 0.462. The Kier molecular flexibility index (Phi) is 3.22. The third kappa shape index (κ3) is 2.07. The molecule has 0 bridgehead atoms. The summed E-state index contributed by atoms with van der Waals surface area (Å²) in [5.74, 6) is -0.0169. The Morgan fingerprint density at radius 3 is 2.82 bits per heavy atom. The summed E-state index contributed by atoms with van der Waals surface area (Å²) in [7, 11) is 0. The molecule has 1 aromatic rings. The first-order chi connectivity index (χ1) is 8.17. The largest absolute Gasteiger partial charge is 0.397 e. The van der Waals surface area contributed by atoms with E-state index in [9.17, 15) is 4.79 Å². The summed E-state index contributed by atoms with van der Waals surface area (Å²) in [5.41, 5.74) is 9.55. The molecule has 4 heteroatoms. The van der Waals surface area contributed by atoms with Crippen molar-refractivity contribution in [3.05, 3.63) is 23.3 Å². The Labute approximate surface area is 102 Å². The topological polar surface area (TPSA) is 58.4 Å². The Balaban J connectivity index is 2.39. The van der Waals surface area contributed by atoms with E-state index in [0.717, 1.165) is 36.3 Å². The van der Waals surface area contributed by atoms with Crippen molar-refractivity contribution in [3.63, 3.8) is 0 Å². The fourth-order valence-electron chi connectivity index (χ4n) is 2.27. The van der Waals surface area contributed by atoms with E-state index in [1.54, 1.807) is 6.07 Å². The molecular formula is C13H19N3O. The van der Waals surface area contributed by atoms with Crippen LogP contribution in [0.3, 0.4) is 0 Å². The molecule has 0 saturated heterocycles. The molecule has 92 valence electrons. The lowest BCUT2D eigenvalue weighted by Gasteiger charge is -2.24. The van der Waals surface area contributed by atoms with Gasteiger partial charge < -0.3 is 16.0 Å². The van der Waals surface area contributed by atoms with E-state index in [2.05, 4.69) is 24.1 Å². The van der Waals surface area contributed by atoms with Gasteiger partial charge in [-0.05, 0) is 31.0 Å². The van der Waals surface area contributed by atoms with Gasteiger partial charge in [-0.25, -0.2) is 0 Å². The van der Waals surface area contributed by atoms with E-state index < -0.39 is 0 Å². The molecule has 0 atom stereocenters. The zero-order chi connectivity index (χ0) is 12.4. The molecule has 0 spiro atoms. The summed E-state index contributed by atoms with van der Waals surface area (Å²) in [6, 6.07) is 3.84. The van der Waals surface area contributed by atoms with Gasteiger partial charge in [0.15, 0.2) is 0 Å². The molecular weight excluding hydrogens is 214 g/mol. The van der Waals surface area contributed by atoms with Gasteiger partial charge in [-0.2, -0.15) is 0 Å². The average Bonchev–Trinajstić information content (AvgIpc) is 2.67. The predicted molar refractivity (Wildman–Crippen MR) is 70.2 cm³/mol. The van der Waals surface area contributed by atoms with Crippen LogP contribution in [0, 0.1) is 0 Å². The molecule has 0 aromatic heterocycles. The summed E-state index contributed by atoms with van der Waals surface area (Å²) in [6.45, 7) is 6.80. The third-order valence-electron chi connectivity index (χ3n) is 3.15. The first kappa shape index (κ1) is 11.8. The SMILES string of the molecule is CCCN(CC)c1cc2c(cc1N)C(=O)NC2. The number of hydrogen-bond acceptors (Lipinski definition) is 3. The standard InChI is InChI=1S/C13H19N3O/c1-3-5-16(4-2)12-6-9-8-15-13(17)10(9)7-11(12)14/h6-7H,3-5,8,14H2,1-2H3,(H,15,17). The predicted octanol–water partition coefficient (Wildman–Crippen LogP) is 1.75. The first-order valence-electron chi connectivity index (χ1n) is 6.12. The highest BCUT2D eigenvalue weighted by atomic mass is 16.1. The Hall–Kier alpha value is -1.71. The van der Waals surface area contributed by atoms with Crippen LogP contribution in [-0.4, -0.2) is 19.0 Å². The molecule has 0 radical (unpaired) electrons. The molecule has 1 amide bonds. The second-order valence-electron chi connectivity index (χ2n) is 4.33. The highest BCUT2D eigenvalue weighted by molar-refractivity contribution is 6.00. The van der Waals surface area contributed by atoms with Crippen molar-refractivity contribution in [2.75, 3.05) is 23.7 Å². The van der Waals surface area contributed by atoms with Crippen LogP contribution < -0.4 is 16.0 Å². The molecule has 17 heavy (non-hydrogen) atoms. The second-order valence-corrected chi connectivity index (χ2v) is 4.33. The highest BCUT2D eigenvalue weighted by Gasteiger charge is 2.21. The normalized spacial score (nSPS) is 13.4. The third-order valence-corrected chi connectivity index (χ3v) is 3.15. The molecule has 2 rings (SSSR count). The van der Waals surface area contributed by atoms with Crippen molar-refractivity contribution >= 4 is 17.3 Å². The molecule has 4 nitrogen and oxygen atoms in total. The van der Waals surface area contributed by atoms with Crippen LogP contribution in [-0.2, 0) is 6.54 Å². The molecule has 0 saturated carbocycles. The summed E-state index contributed by atoms with van der Waals surface area (Å²) in [4.78, 5) is 13.8. The lowest BCUT2D eigenvalue weighted by atomic mass is 10.1. The van der Waals surface area contributed by atoms with Crippen LogP contribution in [0.2, 0.25) is 0 Å². The van der Waals surface area contributed by atoms with Crippen molar-refractivity contribution < 1.29 is 4.79 Å². The number of rotatable bonds is 4. The number of carbonyl (C=O) groups is 1. The number of nitrogens with one attached hydrogen (secondary N) is 1. The molecule has 1 aliphatic heterocycles. The van der Waals surface area contributed by atoms with Gasteiger partial charge in [0.05, 0.1) is 11.4 Å². The number of hydrogen-bond donors (Lipinski definition) is 2. The van der Waals surface area contributed by atoms with E-state index in [-0.39, 0.29) is 5.91 Å². The van der Waals surface area contributed by atoms with Gasteiger partial charge in [-0.1, -0.05) is 6.92 Å². The molecule has 1 aromatic carbocycles. The van der Waals surface area contributed by atoms with E-state index in [1.807, 2.05) is 6.07 Å². The van der Waals surface area contributed by atoms with Gasteiger partial charge in [0, 0.05) is 25.2 Å². The van der Waals surface area contributed by atoms with Crippen molar-refractivity contribution in [2.45, 2.75) is 26.8 Å². The zero-order valence-corrected chi connectivity index (χ0v) is 10.4. The number of carbonyl (C=O) groups excluding carboxylic acids is 1. The Morgan fingerprint density at radius 1 is 1.41 bits per heavy atom. The number of nitrogens with two attached hydrogens (primary N) is 1. The first-order valence-corrected chi connectivity index (χ1v) is 6.12. The van der Waals surface area contributed by atoms with Gasteiger partial charge in [-0.15, -0.1) is 0 Å². The Bertz CT molecular complexity index is 443. The van der Waals surface area contributed by atoms with Gasteiger partial charge in [-0.3, -0.25) is 4.79 Å². The maximum atomic E-state index is 11.5. The van der Waals surface area contributed by atoms with Crippen LogP contribution in [0.4, 0.5) is 11.4 Å². The zero-order valence-electron chi connectivity index (χ0n) is 10.4. The van der Waals surface area contributed by atoms with Gasteiger partial charge in [0.2, 0.25) is 0 Å². The van der Waals surface area contributed by atoms with Crippen LogP contribution in [0.5, 0.6) is 0 Å². The van der Waals surface area contributed by atoms with Crippen LogP contribution in [0.25, 0.3) is 0 Å². The van der Waals surface area contributed by atoms with Gasteiger partial charge in [0.25, 0.3) is 5.91 Å². The van der Waals surface area contributed by atoms with Crippen molar-refractivity contribution in [1.29, 1.82) is 0 Å². The monoisotopic (exact) mass is 233 g/mol. The second kappa shape index (κ2) is 4.65. The maximum absolute atomic E-state index is 11.5. The number of benzene rings is 1. The minimum Gasteiger partial charge on any atom is -0.397 e. The van der Waals surface area contributed by atoms with Gasteiger partial charge in [0.1, 0.15) is 0 Å². The Morgan fingerprint density at radius 2 is 2.18 bits per heavy atom. The molecule has 3 N–H and O–H groups in total. The molecule has 0 aliphatic carbocycles. The number of amides is 1. The van der Waals surface area contributed by atoms with Crippen molar-refractivity contribution in [1.82, 2.24) is 5.32 Å². The van der Waals surface area contributed by atoms with Gasteiger partial charge >= 0.3 is 0 Å². The minimum atomic E-state index is -0.0169. The van der Waals surface area contributed by atoms with Crippen LogP contribution in [0.1, 0.15) is 36.2 Å². The minimum absolute atomic E-state index is 0.0169. The van der Waals surface area contributed by atoms with Crippen molar-refractivity contribution in [2.24, 2.45) is 0 Å². The quantitative estimate of drug-likeness (QED) is 0.779. The van der Waals surface area contributed by atoms with E-state index in [1.165, 1.54) is 0 Å². The molecule has 1 heterocycles. The number of fused-ring (bicyclic) bond motifs is 1. The fourth-order valence-corrected chi connectivity index (χ4v) is 2.27. The highest BCUT2D eigenvalue weighted by Crippen LogP contribution is 2.29. The van der Waals surface area contributed by atoms with E-state index >= 15 is 0 Å². The lowest BCUT2D eigenvalue weighted by Crippen LogP contribution is -2.24. The molecule has 0 unspecified atom stereocenters. The van der Waals surface area contributed by atoms with E-state index in [4.69, 9.17) is 5.73 Å². The van der Waals surface area contributed by atoms with Crippen LogP contribution in [0.15, 0.2) is 12.1 Å². The van der Waals surface area contributed by atoms with E-state index in [0.29, 0.717) is 12.2 Å². The number of nitrogens with zero attached hydrogens (tertiary/aromatic N) is 1. The number of anilines is 2. The lowest BCUT2D eigenvalue weighted by molar-refractivity contribution is 0.0966. The average molecular weight is 233 g/mol. The summed E-state index contributed by atoms with van der Waals surface area (Å²) >= 11 is 0. The smallest absolute Gasteiger partial charge is 0.251 e. The summed E-state index contributed by atoms with van der Waals surface area (Å²) < 4.78 is 0. The molecule has 0 fully saturated rings. The summed E-state index contributed by atoms with van der Waals surface area (Å²) in [6.07, 6.45) is 1.08. The van der Waals surface area contributed by atoms with Crippen molar-refractivity contribution in [3.8, 4) is 0 Å². The molecule has 1 aliphatic rings. The van der Waals surface area contributed by atoms with Crippen LogP contribution >= 0.6 is 0 Å².